The summed E-state index contributed by atoms with van der Waals surface area (Å²) in [4.78, 5) is 15.6. The molecule has 4 nitrogen and oxygen atoms in total. The summed E-state index contributed by atoms with van der Waals surface area (Å²) in [5.74, 6) is -0.289. The summed E-state index contributed by atoms with van der Waals surface area (Å²) in [5.41, 5.74) is 1.51. The minimum absolute atomic E-state index is 0.191. The van der Waals surface area contributed by atoms with E-state index in [4.69, 9.17) is 0 Å². The molecule has 2 heterocycles. The molecule has 0 aliphatic carbocycles. The Balaban J connectivity index is 2.21. The van der Waals surface area contributed by atoms with Gasteiger partial charge in [0.1, 0.15) is 0 Å². The average molecular weight is 245 g/mol. The fourth-order valence-corrected chi connectivity index (χ4v) is 2.93. The summed E-state index contributed by atoms with van der Waals surface area (Å²) >= 11 is 1.58. The van der Waals surface area contributed by atoms with Crippen LogP contribution in [0.25, 0.3) is 11.3 Å². The van der Waals surface area contributed by atoms with Crippen LogP contribution in [0.3, 0.4) is 0 Å². The van der Waals surface area contributed by atoms with E-state index in [-0.39, 0.29) is 5.69 Å². The molecule has 0 radical (unpaired) electrons. The van der Waals surface area contributed by atoms with Crippen molar-refractivity contribution in [1.29, 1.82) is 0 Å². The molecule has 0 spiro atoms. The van der Waals surface area contributed by atoms with Crippen molar-refractivity contribution in [1.82, 2.24) is 9.55 Å². The lowest BCUT2D eigenvalue weighted by Crippen LogP contribution is -2.26. The zero-order chi connectivity index (χ0) is 11.8. The number of aromatic carboxylic acids is 1. The summed E-state index contributed by atoms with van der Waals surface area (Å²) in [5, 5.41) is 12.0. The van der Waals surface area contributed by atoms with Crippen LogP contribution in [0.5, 0.6) is 0 Å². The van der Waals surface area contributed by atoms with Gasteiger partial charge in [0.2, 0.25) is 0 Å². The molecule has 1 aliphatic rings. The Morgan fingerprint density at radius 2 is 2.12 bits per heavy atom. The van der Waals surface area contributed by atoms with Gasteiger partial charge < -0.3 is 14.5 Å². The minimum atomic E-state index is -1.16. The molecular weight excluding hydrogens is 236 g/mol. The number of rotatable bonds is 2. The largest absolute Gasteiger partial charge is 0.543 e. The quantitative estimate of drug-likeness (QED) is 0.792. The van der Waals surface area contributed by atoms with Gasteiger partial charge >= 0.3 is 0 Å². The van der Waals surface area contributed by atoms with E-state index in [9.17, 15) is 9.90 Å². The van der Waals surface area contributed by atoms with Gasteiger partial charge in [0.05, 0.1) is 17.4 Å². The first kappa shape index (κ1) is 10.4. The third-order valence-corrected chi connectivity index (χ3v) is 3.68. The zero-order valence-electron chi connectivity index (χ0n) is 8.92. The second-order valence-electron chi connectivity index (χ2n) is 3.75. The van der Waals surface area contributed by atoms with Crippen LogP contribution in [0.4, 0.5) is 0 Å². The highest BCUT2D eigenvalue weighted by molar-refractivity contribution is 7.99. The van der Waals surface area contributed by atoms with Crippen LogP contribution in [0, 0.1) is 0 Å². The molecule has 3 rings (SSSR count). The third-order valence-electron chi connectivity index (χ3n) is 2.72. The lowest BCUT2D eigenvalue weighted by Gasteiger charge is -2.07. The number of hydrogen-bond donors (Lipinski definition) is 0. The van der Waals surface area contributed by atoms with Crippen LogP contribution in [-0.2, 0) is 6.54 Å². The molecule has 17 heavy (non-hydrogen) atoms. The minimum Gasteiger partial charge on any atom is -0.543 e. The second-order valence-corrected chi connectivity index (χ2v) is 4.81. The molecule has 0 unspecified atom stereocenters. The van der Waals surface area contributed by atoms with Crippen molar-refractivity contribution in [3.05, 3.63) is 36.0 Å². The summed E-state index contributed by atoms with van der Waals surface area (Å²) in [6, 6.07) is 9.34. The van der Waals surface area contributed by atoms with Gasteiger partial charge in [0, 0.05) is 17.9 Å². The van der Waals surface area contributed by atoms with Gasteiger partial charge in [-0.05, 0) is 0 Å². The molecule has 0 fully saturated rings. The van der Waals surface area contributed by atoms with Gasteiger partial charge in [0.25, 0.3) is 0 Å². The Labute approximate surface area is 102 Å². The molecule has 0 N–H and O–H groups in total. The van der Waals surface area contributed by atoms with Crippen molar-refractivity contribution in [3.63, 3.8) is 0 Å². The molecule has 0 saturated carbocycles. The smallest absolute Gasteiger partial charge is 0.169 e. The fraction of sp³-hybridized carbons (Fsp3) is 0.167. The van der Waals surface area contributed by atoms with E-state index in [2.05, 4.69) is 4.98 Å². The molecule has 2 aromatic rings. The molecule has 1 aromatic heterocycles. The standard InChI is InChI=1S/C12H10N2O2S/c15-11(16)10-9(8-4-2-1-3-5-8)13-12-14(10)6-7-17-12/h1-5H,6-7H2,(H,15,16)/p-1. The second kappa shape index (κ2) is 3.92. The predicted molar refractivity (Wildman–Crippen MR) is 62.7 cm³/mol. The van der Waals surface area contributed by atoms with E-state index in [0.717, 1.165) is 16.5 Å². The number of carboxylic acid groups (broad SMARTS) is 1. The first-order valence-corrected chi connectivity index (χ1v) is 6.26. The number of imidazole rings is 1. The maximum absolute atomic E-state index is 11.2. The third kappa shape index (κ3) is 1.63. The number of thioether (sulfide) groups is 1. The van der Waals surface area contributed by atoms with E-state index >= 15 is 0 Å². The van der Waals surface area contributed by atoms with Crippen molar-refractivity contribution in [2.45, 2.75) is 11.7 Å². The average Bonchev–Trinajstić information content (AvgIpc) is 2.88. The number of carboxylic acids is 1. The lowest BCUT2D eigenvalue weighted by molar-refractivity contribution is -0.255. The van der Waals surface area contributed by atoms with Crippen molar-refractivity contribution in [2.24, 2.45) is 0 Å². The number of carbonyl (C=O) groups is 1. The Kier molecular flexibility index (Phi) is 2.40. The van der Waals surface area contributed by atoms with Crippen LogP contribution in [0.2, 0.25) is 0 Å². The number of hydrogen-bond acceptors (Lipinski definition) is 4. The van der Waals surface area contributed by atoms with Gasteiger partial charge in [0.15, 0.2) is 5.16 Å². The number of carbonyl (C=O) groups excluding carboxylic acids is 1. The normalized spacial score (nSPS) is 13.6. The first-order chi connectivity index (χ1) is 8.27. The zero-order valence-corrected chi connectivity index (χ0v) is 9.74. The van der Waals surface area contributed by atoms with Crippen molar-refractivity contribution < 1.29 is 9.90 Å². The summed E-state index contributed by atoms with van der Waals surface area (Å²) in [6.45, 7) is 0.684. The molecule has 0 atom stereocenters. The van der Waals surface area contributed by atoms with E-state index in [1.807, 2.05) is 30.3 Å². The summed E-state index contributed by atoms with van der Waals surface area (Å²) in [7, 11) is 0. The number of fused-ring (bicyclic) bond motifs is 1. The van der Waals surface area contributed by atoms with E-state index < -0.39 is 5.97 Å². The van der Waals surface area contributed by atoms with E-state index in [0.29, 0.717) is 12.2 Å². The van der Waals surface area contributed by atoms with Gasteiger partial charge in [-0.2, -0.15) is 0 Å². The molecule has 0 saturated heterocycles. The van der Waals surface area contributed by atoms with Crippen LogP contribution in [-0.4, -0.2) is 21.3 Å². The van der Waals surface area contributed by atoms with Gasteiger partial charge in [-0.15, -0.1) is 0 Å². The topological polar surface area (TPSA) is 57.9 Å². The number of nitrogens with zero attached hydrogens (tertiary/aromatic N) is 2. The lowest BCUT2D eigenvalue weighted by atomic mass is 10.1. The summed E-state index contributed by atoms with van der Waals surface area (Å²) in [6.07, 6.45) is 0. The van der Waals surface area contributed by atoms with E-state index in [1.54, 1.807) is 16.3 Å². The van der Waals surface area contributed by atoms with Gasteiger partial charge in [-0.25, -0.2) is 4.98 Å². The van der Waals surface area contributed by atoms with Gasteiger partial charge in [-0.3, -0.25) is 0 Å². The van der Waals surface area contributed by atoms with Crippen LogP contribution in [0.15, 0.2) is 35.5 Å². The van der Waals surface area contributed by atoms with E-state index in [1.165, 1.54) is 0 Å². The highest BCUT2D eigenvalue weighted by Crippen LogP contribution is 2.32. The Morgan fingerprint density at radius 1 is 1.35 bits per heavy atom. The fourth-order valence-electron chi connectivity index (χ4n) is 1.98. The van der Waals surface area contributed by atoms with Crippen LogP contribution in [0.1, 0.15) is 10.5 Å². The summed E-state index contributed by atoms with van der Waals surface area (Å²) < 4.78 is 1.72. The Bertz CT molecular complexity index is 578. The van der Waals surface area contributed by atoms with Crippen LogP contribution < -0.4 is 5.11 Å². The Morgan fingerprint density at radius 3 is 2.82 bits per heavy atom. The SMILES string of the molecule is O=C([O-])c1c(-c2ccccc2)nc2n1CCS2. The molecule has 0 amide bonds. The van der Waals surface area contributed by atoms with Crippen LogP contribution >= 0.6 is 11.8 Å². The van der Waals surface area contributed by atoms with Crippen molar-refractivity contribution >= 4 is 17.7 Å². The highest BCUT2D eigenvalue weighted by Gasteiger charge is 2.22. The van der Waals surface area contributed by atoms with Crippen molar-refractivity contribution in [3.8, 4) is 11.3 Å². The highest BCUT2D eigenvalue weighted by atomic mass is 32.2. The number of aromatic nitrogens is 2. The maximum Gasteiger partial charge on any atom is 0.169 e. The first-order valence-electron chi connectivity index (χ1n) is 5.27. The predicted octanol–water partition coefficient (Wildman–Crippen LogP) is 1.02. The molecule has 1 aromatic carbocycles. The Hall–Kier alpha value is -1.75. The van der Waals surface area contributed by atoms with Crippen molar-refractivity contribution in [2.75, 3.05) is 5.75 Å². The van der Waals surface area contributed by atoms with Gasteiger partial charge in [-0.1, -0.05) is 42.1 Å². The monoisotopic (exact) mass is 245 g/mol. The molecule has 86 valence electrons. The molecule has 0 bridgehead atoms. The maximum atomic E-state index is 11.2. The molecule has 5 heteroatoms. The molecular formula is C12H9N2O2S-. The molecule has 1 aliphatic heterocycles. The number of benzene rings is 1.